The van der Waals surface area contributed by atoms with Crippen molar-refractivity contribution in [1.82, 2.24) is 29.7 Å². The van der Waals surface area contributed by atoms with E-state index in [4.69, 9.17) is 15.1 Å². The number of carbonyl (C=O) groups is 1. The molecule has 51 heavy (non-hydrogen) atoms. The molecule has 0 saturated carbocycles. The van der Waals surface area contributed by atoms with Crippen LogP contribution in [-0.2, 0) is 49.8 Å². The lowest BCUT2D eigenvalue weighted by atomic mass is 9.78. The summed E-state index contributed by atoms with van der Waals surface area (Å²) in [7, 11) is -6.60. The Hall–Kier alpha value is -4.50. The van der Waals surface area contributed by atoms with Gasteiger partial charge in [0.1, 0.15) is 16.4 Å². The molecule has 1 unspecified atom stereocenters. The molecule has 6 rings (SSSR count). The molecule has 5 heterocycles. The van der Waals surface area contributed by atoms with Crippen LogP contribution in [0.2, 0.25) is 0 Å². The monoisotopic (exact) mass is 736 g/mol. The summed E-state index contributed by atoms with van der Waals surface area (Å²) in [6.45, 7) is 7.32. The number of fused-ring (bicyclic) bond motifs is 8. The topological polar surface area (TPSA) is 178 Å². The first kappa shape index (κ1) is 36.3. The average molecular weight is 737 g/mol. The van der Waals surface area contributed by atoms with Gasteiger partial charge >= 0.3 is 5.97 Å². The molecule has 2 N–H and O–H groups in total. The average Bonchev–Trinajstić information content (AvgIpc) is 3.69. The molecule has 0 fully saturated rings. The fraction of sp³-hybridized carbons (Fsp3) is 0.417. The highest BCUT2D eigenvalue weighted by molar-refractivity contribution is 7.92. The van der Waals surface area contributed by atoms with Crippen LogP contribution in [0.3, 0.4) is 0 Å². The van der Waals surface area contributed by atoms with Crippen LogP contribution < -0.4 is 0 Å². The third-order valence-electron chi connectivity index (χ3n) is 9.78. The van der Waals surface area contributed by atoms with Gasteiger partial charge in [-0.2, -0.15) is 5.10 Å². The number of aliphatic carboxylic acids is 1. The number of aryl methyl sites for hydroxylation is 2. The van der Waals surface area contributed by atoms with E-state index >= 15 is 4.39 Å². The molecule has 12 nitrogen and oxygen atoms in total. The lowest BCUT2D eigenvalue weighted by Gasteiger charge is -2.30. The van der Waals surface area contributed by atoms with Crippen LogP contribution in [0.15, 0.2) is 64.6 Å². The zero-order chi connectivity index (χ0) is 36.9. The molecule has 5 aromatic rings. The number of carboxylic acids is 1. The number of rotatable bonds is 4. The number of halogens is 1. The highest BCUT2D eigenvalue weighted by atomic mass is 32.2. The SMILES string of the molecule is C[C@@H](Cc1cccc(C2(C)CCCC(C)(C)CS(=O)(=O)CCc3c(c(F)cc4[nH]ccc34)S(=O)(=O)c3ccnc(c3)-c3nc2nn3C)n1)C(=O)O. The first-order valence-electron chi connectivity index (χ1n) is 16.7. The molecule has 0 radical (unpaired) electrons. The minimum atomic E-state index is -4.53. The minimum Gasteiger partial charge on any atom is -0.481 e. The van der Waals surface area contributed by atoms with E-state index < -0.39 is 53.1 Å². The standard InChI is InChI=1S/C36H41FN6O6S2/c1-22(33(44)45)18-23-8-6-9-30(40-23)36(4)14-7-13-35(2,3)21-50(46,47)17-12-26-25-11-16-38-28(25)20-27(37)31(26)51(48,49)24-10-15-39-29(19-24)32-41-34(36)42-43(32)5/h6,8-11,15-16,19-20,22,38H,7,12-14,17-18,21H2,1-5H3,(H,44,45)/t22-,36?/m0/s1. The molecule has 0 amide bonds. The number of aromatic amines is 1. The second kappa shape index (κ2) is 13.2. The molecule has 15 heteroatoms. The molecule has 4 aromatic heterocycles. The fourth-order valence-electron chi connectivity index (χ4n) is 7.00. The molecule has 1 aliphatic heterocycles. The van der Waals surface area contributed by atoms with E-state index in [9.17, 15) is 26.7 Å². The summed E-state index contributed by atoms with van der Waals surface area (Å²) in [6.07, 6.45) is 4.45. The molecule has 4 bridgehead atoms. The van der Waals surface area contributed by atoms with Gasteiger partial charge in [-0.1, -0.05) is 33.3 Å². The number of benzene rings is 1. The summed E-state index contributed by atoms with van der Waals surface area (Å²) >= 11 is 0. The van der Waals surface area contributed by atoms with E-state index in [2.05, 4.69) is 9.97 Å². The summed E-state index contributed by atoms with van der Waals surface area (Å²) in [5.41, 5.74) is 0.274. The molecule has 1 aromatic carbocycles. The minimum absolute atomic E-state index is 0.0938. The number of aromatic nitrogens is 6. The van der Waals surface area contributed by atoms with Crippen molar-refractivity contribution in [2.24, 2.45) is 18.4 Å². The van der Waals surface area contributed by atoms with Gasteiger partial charge < -0.3 is 10.1 Å². The Morgan fingerprint density at radius 2 is 1.84 bits per heavy atom. The third kappa shape index (κ3) is 7.18. The number of hydrogen-bond acceptors (Lipinski definition) is 9. The maximum atomic E-state index is 15.9. The van der Waals surface area contributed by atoms with Gasteiger partial charge in [-0.05, 0) is 73.6 Å². The van der Waals surface area contributed by atoms with Crippen LogP contribution in [-0.4, -0.2) is 69.1 Å². The summed E-state index contributed by atoms with van der Waals surface area (Å²) in [5.74, 6) is -2.45. The molecule has 0 spiro atoms. The van der Waals surface area contributed by atoms with Crippen LogP contribution in [0.5, 0.6) is 0 Å². The summed E-state index contributed by atoms with van der Waals surface area (Å²) in [6, 6.07) is 10.8. The van der Waals surface area contributed by atoms with E-state index in [-0.39, 0.29) is 46.3 Å². The maximum Gasteiger partial charge on any atom is 0.306 e. The highest BCUT2D eigenvalue weighted by Crippen LogP contribution is 2.39. The van der Waals surface area contributed by atoms with E-state index in [1.165, 1.54) is 23.0 Å². The largest absolute Gasteiger partial charge is 0.481 e. The fourth-order valence-corrected chi connectivity index (χ4v) is 10.6. The van der Waals surface area contributed by atoms with E-state index in [0.29, 0.717) is 47.4 Å². The van der Waals surface area contributed by atoms with Crippen molar-refractivity contribution in [1.29, 1.82) is 0 Å². The van der Waals surface area contributed by atoms with Crippen molar-refractivity contribution >= 4 is 36.5 Å². The lowest BCUT2D eigenvalue weighted by Crippen LogP contribution is -2.30. The van der Waals surface area contributed by atoms with E-state index in [1.54, 1.807) is 32.3 Å². The van der Waals surface area contributed by atoms with Crippen molar-refractivity contribution in [3.63, 3.8) is 0 Å². The van der Waals surface area contributed by atoms with Crippen LogP contribution in [0.25, 0.3) is 22.4 Å². The Labute approximate surface area is 296 Å². The van der Waals surface area contributed by atoms with Crippen molar-refractivity contribution in [3.8, 4) is 11.5 Å². The zero-order valence-electron chi connectivity index (χ0n) is 29.1. The van der Waals surface area contributed by atoms with Gasteiger partial charge in [0, 0.05) is 42.5 Å². The van der Waals surface area contributed by atoms with Crippen molar-refractivity contribution < 1.29 is 31.1 Å². The van der Waals surface area contributed by atoms with Gasteiger partial charge in [0.15, 0.2) is 21.5 Å². The first-order chi connectivity index (χ1) is 23.9. The van der Waals surface area contributed by atoms with Gasteiger partial charge in [0.2, 0.25) is 9.84 Å². The molecule has 2 atom stereocenters. The number of pyridine rings is 2. The first-order valence-corrected chi connectivity index (χ1v) is 20.0. The molecule has 270 valence electrons. The Morgan fingerprint density at radius 1 is 1.08 bits per heavy atom. The second-order valence-corrected chi connectivity index (χ2v) is 18.6. The smallest absolute Gasteiger partial charge is 0.306 e. The van der Waals surface area contributed by atoms with Crippen molar-refractivity contribution in [3.05, 3.63) is 83.5 Å². The summed E-state index contributed by atoms with van der Waals surface area (Å²) in [5, 5.41) is 14.7. The normalized spacial score (nSPS) is 20.9. The maximum absolute atomic E-state index is 15.9. The van der Waals surface area contributed by atoms with Crippen LogP contribution in [0.1, 0.15) is 69.7 Å². The molecular weight excluding hydrogens is 696 g/mol. The number of nitrogens with one attached hydrogen (secondary N) is 1. The number of H-pyrrole nitrogens is 1. The number of hydrogen-bond donors (Lipinski definition) is 2. The predicted molar refractivity (Wildman–Crippen MR) is 189 cm³/mol. The number of carboxylic acid groups (broad SMARTS) is 1. The van der Waals surface area contributed by atoms with Crippen molar-refractivity contribution in [2.45, 2.75) is 75.0 Å². The summed E-state index contributed by atoms with van der Waals surface area (Å²) < 4.78 is 73.3. The van der Waals surface area contributed by atoms with E-state index in [0.717, 1.165) is 6.07 Å². The molecule has 1 aliphatic rings. The lowest BCUT2D eigenvalue weighted by molar-refractivity contribution is -0.141. The van der Waals surface area contributed by atoms with Gasteiger partial charge in [-0.25, -0.2) is 30.9 Å². The number of nitrogens with zero attached hydrogens (tertiary/aromatic N) is 5. The molecular formula is C36H41FN6O6S2. The Balaban J connectivity index is 1.53. The summed E-state index contributed by atoms with van der Waals surface area (Å²) in [4.78, 5) is 27.9. The van der Waals surface area contributed by atoms with Gasteiger partial charge in [0.25, 0.3) is 0 Å². The second-order valence-electron chi connectivity index (χ2n) is 14.5. The van der Waals surface area contributed by atoms with Gasteiger partial charge in [0.05, 0.1) is 33.4 Å². The Morgan fingerprint density at radius 3 is 2.59 bits per heavy atom. The van der Waals surface area contributed by atoms with Gasteiger partial charge in [-0.3, -0.25) is 14.8 Å². The Kier molecular flexibility index (Phi) is 9.42. The quantitative estimate of drug-likeness (QED) is 0.241. The van der Waals surface area contributed by atoms with Crippen LogP contribution in [0.4, 0.5) is 4.39 Å². The molecule has 0 saturated heterocycles. The van der Waals surface area contributed by atoms with Crippen molar-refractivity contribution in [2.75, 3.05) is 11.5 Å². The number of sulfone groups is 2. The zero-order valence-corrected chi connectivity index (χ0v) is 30.8. The predicted octanol–water partition coefficient (Wildman–Crippen LogP) is 5.46. The third-order valence-corrected chi connectivity index (χ3v) is 13.7. The van der Waals surface area contributed by atoms with Gasteiger partial charge in [-0.15, -0.1) is 0 Å². The highest BCUT2D eigenvalue weighted by Gasteiger charge is 2.38. The van der Waals surface area contributed by atoms with Crippen LogP contribution in [0, 0.1) is 17.2 Å². The Bertz CT molecular complexity index is 2370. The van der Waals surface area contributed by atoms with Crippen LogP contribution >= 0.6 is 0 Å². The van der Waals surface area contributed by atoms with E-state index in [1.807, 2.05) is 32.9 Å². The molecule has 0 aliphatic carbocycles.